The van der Waals surface area contributed by atoms with E-state index in [9.17, 15) is 0 Å². The first-order valence-corrected chi connectivity index (χ1v) is 6.76. The number of rotatable bonds is 5. The normalized spacial score (nSPS) is 10.3. The molecule has 0 aliphatic heterocycles. The number of aryl methyl sites for hydroxylation is 2. The minimum absolute atomic E-state index is 0.473. The van der Waals surface area contributed by atoms with Crippen LogP contribution in [0.1, 0.15) is 16.7 Å². The number of hydrogen-bond donors (Lipinski definition) is 1. The third-order valence-corrected chi connectivity index (χ3v) is 3.28. The van der Waals surface area contributed by atoms with Crippen LogP contribution in [0.2, 0.25) is 0 Å². The fraction of sp³-hybridized carbons (Fsp3) is 0.294. The van der Waals surface area contributed by atoms with Gasteiger partial charge in [-0.3, -0.25) is 0 Å². The van der Waals surface area contributed by atoms with Gasteiger partial charge in [-0.2, -0.15) is 0 Å². The molecule has 0 aromatic heterocycles. The minimum Gasteiger partial charge on any atom is -0.490 e. The summed E-state index contributed by atoms with van der Waals surface area (Å²) in [5, 5.41) is 0. The molecule has 0 aliphatic rings. The van der Waals surface area contributed by atoms with Crippen molar-refractivity contribution in [1.29, 1.82) is 0 Å². The van der Waals surface area contributed by atoms with Gasteiger partial charge in [0, 0.05) is 0 Å². The molecule has 0 amide bonds. The van der Waals surface area contributed by atoms with Crippen molar-refractivity contribution in [3.05, 3.63) is 53.1 Å². The zero-order valence-electron chi connectivity index (χ0n) is 12.3. The van der Waals surface area contributed by atoms with E-state index in [-0.39, 0.29) is 0 Å². The lowest BCUT2D eigenvalue weighted by molar-refractivity contribution is 0.217. The van der Waals surface area contributed by atoms with Gasteiger partial charge in [-0.15, -0.1) is 0 Å². The summed E-state index contributed by atoms with van der Waals surface area (Å²) >= 11 is 0. The fourth-order valence-corrected chi connectivity index (χ4v) is 2.07. The number of ether oxygens (including phenoxy) is 2. The van der Waals surface area contributed by atoms with E-state index >= 15 is 0 Å². The van der Waals surface area contributed by atoms with Crippen molar-refractivity contribution in [2.24, 2.45) is 0 Å². The van der Waals surface area contributed by atoms with Gasteiger partial charge in [-0.1, -0.05) is 18.2 Å². The highest BCUT2D eigenvalue weighted by atomic mass is 16.5. The molecule has 0 aliphatic carbocycles. The molecule has 0 fully saturated rings. The Morgan fingerprint density at radius 1 is 0.900 bits per heavy atom. The van der Waals surface area contributed by atoms with E-state index in [1.54, 1.807) is 0 Å². The van der Waals surface area contributed by atoms with Crippen molar-refractivity contribution in [3.63, 3.8) is 0 Å². The lowest BCUT2D eigenvalue weighted by Gasteiger charge is -2.13. The molecule has 2 aromatic rings. The SMILES string of the molecule is Cc1cc(C)c(C)c(OCCOc2ccccc2N)c1. The summed E-state index contributed by atoms with van der Waals surface area (Å²) in [5.41, 5.74) is 10.1. The topological polar surface area (TPSA) is 44.5 Å². The molecule has 3 nitrogen and oxygen atoms in total. The molecule has 2 N–H and O–H groups in total. The molecule has 2 aromatic carbocycles. The van der Waals surface area contributed by atoms with Crippen LogP contribution < -0.4 is 15.2 Å². The summed E-state index contributed by atoms with van der Waals surface area (Å²) in [6, 6.07) is 11.7. The quantitative estimate of drug-likeness (QED) is 0.667. The van der Waals surface area contributed by atoms with Crippen molar-refractivity contribution >= 4 is 5.69 Å². The third kappa shape index (κ3) is 3.44. The van der Waals surface area contributed by atoms with Gasteiger partial charge >= 0.3 is 0 Å². The maximum atomic E-state index is 5.81. The van der Waals surface area contributed by atoms with Crippen LogP contribution in [0.5, 0.6) is 11.5 Å². The lowest BCUT2D eigenvalue weighted by Crippen LogP contribution is -2.10. The van der Waals surface area contributed by atoms with Crippen molar-refractivity contribution in [2.45, 2.75) is 20.8 Å². The van der Waals surface area contributed by atoms with Gasteiger partial charge in [-0.25, -0.2) is 0 Å². The molecule has 0 radical (unpaired) electrons. The van der Waals surface area contributed by atoms with Crippen molar-refractivity contribution in [2.75, 3.05) is 18.9 Å². The van der Waals surface area contributed by atoms with Crippen molar-refractivity contribution in [3.8, 4) is 11.5 Å². The summed E-state index contributed by atoms with van der Waals surface area (Å²) < 4.78 is 11.4. The smallest absolute Gasteiger partial charge is 0.142 e. The molecule has 0 bridgehead atoms. The van der Waals surface area contributed by atoms with Crippen LogP contribution in [-0.4, -0.2) is 13.2 Å². The molecule has 0 atom stereocenters. The highest BCUT2D eigenvalue weighted by molar-refractivity contribution is 5.51. The zero-order valence-corrected chi connectivity index (χ0v) is 12.3. The summed E-state index contributed by atoms with van der Waals surface area (Å²) in [5.74, 6) is 1.63. The van der Waals surface area contributed by atoms with Crippen LogP contribution in [-0.2, 0) is 0 Å². The zero-order chi connectivity index (χ0) is 14.5. The van der Waals surface area contributed by atoms with Crippen LogP contribution in [0.15, 0.2) is 36.4 Å². The second-order valence-corrected chi connectivity index (χ2v) is 4.94. The van der Waals surface area contributed by atoms with Crippen LogP contribution in [0.3, 0.4) is 0 Å². The van der Waals surface area contributed by atoms with Gasteiger partial charge in [0.25, 0.3) is 0 Å². The number of hydrogen-bond acceptors (Lipinski definition) is 3. The highest BCUT2D eigenvalue weighted by Crippen LogP contribution is 2.23. The Balaban J connectivity index is 1.89. The molecular formula is C17H21NO2. The first kappa shape index (κ1) is 14.3. The van der Waals surface area contributed by atoms with Gasteiger partial charge in [0.05, 0.1) is 5.69 Å². The average Bonchev–Trinajstić information content (AvgIpc) is 2.41. The van der Waals surface area contributed by atoms with E-state index in [0.29, 0.717) is 24.7 Å². The standard InChI is InChI=1S/C17H21NO2/c1-12-10-13(2)14(3)17(11-12)20-9-8-19-16-7-5-4-6-15(16)18/h4-7,10-11H,8-9,18H2,1-3H3. The maximum absolute atomic E-state index is 5.81. The molecule has 0 saturated carbocycles. The first-order chi connectivity index (χ1) is 9.58. The van der Waals surface area contributed by atoms with E-state index in [0.717, 1.165) is 5.75 Å². The summed E-state index contributed by atoms with van der Waals surface area (Å²) in [7, 11) is 0. The number of nitrogens with two attached hydrogens (primary N) is 1. The minimum atomic E-state index is 0.473. The number of anilines is 1. The van der Waals surface area contributed by atoms with E-state index < -0.39 is 0 Å². The molecule has 20 heavy (non-hydrogen) atoms. The Hall–Kier alpha value is -2.16. The Bertz CT molecular complexity index is 594. The molecular weight excluding hydrogens is 250 g/mol. The Morgan fingerprint density at radius 2 is 1.55 bits per heavy atom. The predicted octanol–water partition coefficient (Wildman–Crippen LogP) is 3.65. The summed E-state index contributed by atoms with van der Waals surface area (Å²) in [4.78, 5) is 0. The number of nitrogen functional groups attached to an aromatic ring is 1. The van der Waals surface area contributed by atoms with Crippen molar-refractivity contribution < 1.29 is 9.47 Å². The van der Waals surface area contributed by atoms with Gasteiger partial charge < -0.3 is 15.2 Å². The van der Waals surface area contributed by atoms with Gasteiger partial charge in [-0.05, 0) is 55.7 Å². The van der Waals surface area contributed by atoms with Crippen LogP contribution in [0, 0.1) is 20.8 Å². The van der Waals surface area contributed by atoms with Gasteiger partial charge in [0.1, 0.15) is 24.7 Å². The Labute approximate surface area is 120 Å². The predicted molar refractivity (Wildman–Crippen MR) is 82.5 cm³/mol. The maximum Gasteiger partial charge on any atom is 0.142 e. The molecule has 106 valence electrons. The number of para-hydroxylation sites is 2. The largest absolute Gasteiger partial charge is 0.490 e. The average molecular weight is 271 g/mol. The molecule has 3 heteroatoms. The van der Waals surface area contributed by atoms with E-state index in [1.165, 1.54) is 16.7 Å². The van der Waals surface area contributed by atoms with E-state index in [1.807, 2.05) is 24.3 Å². The third-order valence-electron chi connectivity index (χ3n) is 3.28. The lowest BCUT2D eigenvalue weighted by atomic mass is 10.1. The Kier molecular flexibility index (Phi) is 4.51. The second kappa shape index (κ2) is 6.33. The molecule has 0 unspecified atom stereocenters. The fourth-order valence-electron chi connectivity index (χ4n) is 2.07. The van der Waals surface area contributed by atoms with Crippen LogP contribution in [0.25, 0.3) is 0 Å². The molecule has 0 heterocycles. The second-order valence-electron chi connectivity index (χ2n) is 4.94. The Morgan fingerprint density at radius 3 is 2.25 bits per heavy atom. The molecule has 2 rings (SSSR count). The van der Waals surface area contributed by atoms with Gasteiger partial charge in [0.2, 0.25) is 0 Å². The van der Waals surface area contributed by atoms with Crippen molar-refractivity contribution in [1.82, 2.24) is 0 Å². The molecule has 0 saturated heterocycles. The first-order valence-electron chi connectivity index (χ1n) is 6.76. The van der Waals surface area contributed by atoms with Crippen LogP contribution in [0.4, 0.5) is 5.69 Å². The van der Waals surface area contributed by atoms with E-state index in [2.05, 4.69) is 32.9 Å². The monoisotopic (exact) mass is 271 g/mol. The summed E-state index contributed by atoms with van der Waals surface area (Å²) in [6.45, 7) is 7.20. The highest BCUT2D eigenvalue weighted by Gasteiger charge is 2.04. The number of benzene rings is 2. The summed E-state index contributed by atoms with van der Waals surface area (Å²) in [6.07, 6.45) is 0. The van der Waals surface area contributed by atoms with E-state index in [4.69, 9.17) is 15.2 Å². The van der Waals surface area contributed by atoms with Gasteiger partial charge in [0.15, 0.2) is 0 Å². The van der Waals surface area contributed by atoms with Crippen LogP contribution >= 0.6 is 0 Å². The molecule has 0 spiro atoms.